The molecular formula is C13H20ClN5O. The lowest BCUT2D eigenvalue weighted by molar-refractivity contribution is 0.0662. The van der Waals surface area contributed by atoms with Gasteiger partial charge in [-0.3, -0.25) is 10.2 Å². The highest BCUT2D eigenvalue weighted by Crippen LogP contribution is 2.18. The number of aromatic nitrogens is 1. The number of rotatable bonds is 4. The molecule has 2 rings (SSSR count). The fraction of sp³-hybridized carbons (Fsp3) is 0.538. The van der Waals surface area contributed by atoms with Crippen LogP contribution < -0.4 is 10.7 Å². The van der Waals surface area contributed by atoms with Gasteiger partial charge in [-0.25, -0.2) is 9.99 Å². The van der Waals surface area contributed by atoms with E-state index in [4.69, 9.17) is 11.6 Å². The fourth-order valence-corrected chi connectivity index (χ4v) is 2.20. The Kier molecular flexibility index (Phi) is 5.17. The molecule has 1 aromatic heterocycles. The van der Waals surface area contributed by atoms with Crippen molar-refractivity contribution in [2.45, 2.75) is 6.92 Å². The van der Waals surface area contributed by atoms with Crippen LogP contribution in [0.4, 0.5) is 5.82 Å². The summed E-state index contributed by atoms with van der Waals surface area (Å²) in [5.41, 5.74) is 3.33. The molecule has 1 amide bonds. The summed E-state index contributed by atoms with van der Waals surface area (Å²) in [5, 5.41) is 5.35. The zero-order valence-electron chi connectivity index (χ0n) is 11.8. The van der Waals surface area contributed by atoms with E-state index in [1.165, 1.54) is 6.20 Å². The van der Waals surface area contributed by atoms with Gasteiger partial charge in [-0.05, 0) is 20.0 Å². The number of nitrogens with zero attached hydrogens (tertiary/aromatic N) is 3. The van der Waals surface area contributed by atoms with Crippen molar-refractivity contribution in [3.05, 3.63) is 22.8 Å². The fourth-order valence-electron chi connectivity index (χ4n) is 2.01. The molecule has 0 saturated carbocycles. The third-order valence-electron chi connectivity index (χ3n) is 3.22. The van der Waals surface area contributed by atoms with E-state index in [1.807, 2.05) is 11.9 Å². The highest BCUT2D eigenvalue weighted by molar-refractivity contribution is 6.33. The van der Waals surface area contributed by atoms with E-state index >= 15 is 0 Å². The van der Waals surface area contributed by atoms with Crippen molar-refractivity contribution < 1.29 is 4.79 Å². The normalized spacial score (nSPS) is 16.9. The number of piperazine rings is 1. The summed E-state index contributed by atoms with van der Waals surface area (Å²) in [7, 11) is 2.07. The topological polar surface area (TPSA) is 60.5 Å². The first kappa shape index (κ1) is 15.0. The second-order valence-electron chi connectivity index (χ2n) is 4.81. The molecule has 1 aliphatic heterocycles. The molecule has 0 radical (unpaired) electrons. The van der Waals surface area contributed by atoms with Crippen molar-refractivity contribution in [1.29, 1.82) is 0 Å². The molecule has 0 aromatic carbocycles. The summed E-state index contributed by atoms with van der Waals surface area (Å²) in [4.78, 5) is 18.6. The van der Waals surface area contributed by atoms with Gasteiger partial charge in [0, 0.05) is 38.9 Å². The van der Waals surface area contributed by atoms with E-state index < -0.39 is 0 Å². The Bertz CT molecular complexity index is 474. The van der Waals surface area contributed by atoms with E-state index in [2.05, 4.69) is 27.7 Å². The van der Waals surface area contributed by atoms with Crippen LogP contribution in [-0.4, -0.2) is 60.6 Å². The van der Waals surface area contributed by atoms with E-state index in [0.717, 1.165) is 32.7 Å². The van der Waals surface area contributed by atoms with Gasteiger partial charge in [0.2, 0.25) is 0 Å². The largest absolute Gasteiger partial charge is 0.370 e. The Hall–Kier alpha value is -1.37. The molecule has 1 saturated heterocycles. The number of carbonyl (C=O) groups is 1. The summed E-state index contributed by atoms with van der Waals surface area (Å²) in [6.45, 7) is 6.21. The molecule has 7 heteroatoms. The van der Waals surface area contributed by atoms with Gasteiger partial charge in [0.25, 0.3) is 5.91 Å². The third kappa shape index (κ3) is 3.82. The maximum Gasteiger partial charge on any atom is 0.267 e. The molecule has 20 heavy (non-hydrogen) atoms. The molecule has 0 atom stereocenters. The molecule has 110 valence electrons. The molecular weight excluding hydrogens is 278 g/mol. The SMILES string of the molecule is CCNc1cc(C(=O)NN2CCN(C)CC2)c(Cl)cn1. The number of hydrazine groups is 1. The number of pyridine rings is 1. The number of amides is 1. The van der Waals surface area contributed by atoms with Gasteiger partial charge >= 0.3 is 0 Å². The molecule has 1 aliphatic rings. The summed E-state index contributed by atoms with van der Waals surface area (Å²) in [5.74, 6) is 0.460. The Morgan fingerprint density at radius 1 is 1.40 bits per heavy atom. The second-order valence-corrected chi connectivity index (χ2v) is 5.22. The molecule has 1 aromatic rings. The van der Waals surface area contributed by atoms with Crippen molar-refractivity contribution in [3.8, 4) is 0 Å². The first-order valence-corrected chi connectivity index (χ1v) is 7.12. The lowest BCUT2D eigenvalue weighted by Crippen LogP contribution is -2.52. The first-order chi connectivity index (χ1) is 9.60. The number of carbonyl (C=O) groups excluding carboxylic acids is 1. The number of hydrogen-bond donors (Lipinski definition) is 2. The molecule has 0 unspecified atom stereocenters. The zero-order valence-corrected chi connectivity index (χ0v) is 12.6. The minimum atomic E-state index is -0.193. The summed E-state index contributed by atoms with van der Waals surface area (Å²) < 4.78 is 0. The Morgan fingerprint density at radius 2 is 2.10 bits per heavy atom. The quantitative estimate of drug-likeness (QED) is 0.870. The number of nitrogens with one attached hydrogen (secondary N) is 2. The van der Waals surface area contributed by atoms with E-state index in [9.17, 15) is 4.79 Å². The lowest BCUT2D eigenvalue weighted by atomic mass is 10.2. The maximum absolute atomic E-state index is 12.3. The monoisotopic (exact) mass is 297 g/mol. The Morgan fingerprint density at radius 3 is 2.75 bits per heavy atom. The van der Waals surface area contributed by atoms with Crippen molar-refractivity contribution in [3.63, 3.8) is 0 Å². The Balaban J connectivity index is 2.03. The van der Waals surface area contributed by atoms with Crippen LogP contribution in [0, 0.1) is 0 Å². The van der Waals surface area contributed by atoms with E-state index in [1.54, 1.807) is 6.07 Å². The summed E-state index contributed by atoms with van der Waals surface area (Å²) >= 11 is 6.05. The molecule has 2 heterocycles. The predicted molar refractivity (Wildman–Crippen MR) is 79.9 cm³/mol. The lowest BCUT2D eigenvalue weighted by Gasteiger charge is -2.32. The van der Waals surface area contributed by atoms with Gasteiger partial charge in [-0.2, -0.15) is 0 Å². The van der Waals surface area contributed by atoms with Crippen molar-refractivity contribution >= 4 is 23.3 Å². The molecule has 0 spiro atoms. The molecule has 6 nitrogen and oxygen atoms in total. The van der Waals surface area contributed by atoms with Crippen LogP contribution in [0.2, 0.25) is 5.02 Å². The van der Waals surface area contributed by atoms with Crippen LogP contribution in [0.1, 0.15) is 17.3 Å². The van der Waals surface area contributed by atoms with Gasteiger partial charge in [-0.1, -0.05) is 11.6 Å². The minimum Gasteiger partial charge on any atom is -0.370 e. The van der Waals surface area contributed by atoms with Gasteiger partial charge in [0.05, 0.1) is 10.6 Å². The van der Waals surface area contributed by atoms with Gasteiger partial charge in [-0.15, -0.1) is 0 Å². The van der Waals surface area contributed by atoms with Crippen LogP contribution in [0.3, 0.4) is 0 Å². The van der Waals surface area contributed by atoms with Crippen LogP contribution >= 0.6 is 11.6 Å². The number of hydrogen-bond acceptors (Lipinski definition) is 5. The minimum absolute atomic E-state index is 0.193. The van der Waals surface area contributed by atoms with Crippen molar-refractivity contribution in [2.75, 3.05) is 45.1 Å². The van der Waals surface area contributed by atoms with Gasteiger partial charge in [0.15, 0.2) is 0 Å². The average molecular weight is 298 g/mol. The molecule has 1 fully saturated rings. The highest BCUT2D eigenvalue weighted by Gasteiger charge is 2.18. The molecule has 0 bridgehead atoms. The summed E-state index contributed by atoms with van der Waals surface area (Å²) in [6.07, 6.45) is 1.50. The first-order valence-electron chi connectivity index (χ1n) is 6.74. The standard InChI is InChI=1S/C13H20ClN5O/c1-3-15-12-8-10(11(14)9-16-12)13(20)17-19-6-4-18(2)5-7-19/h8-9H,3-7H2,1-2H3,(H,15,16)(H,17,20). The highest BCUT2D eigenvalue weighted by atomic mass is 35.5. The number of halogens is 1. The number of likely N-dealkylation sites (N-methyl/N-ethyl adjacent to an activating group) is 1. The van der Waals surface area contributed by atoms with Crippen LogP contribution in [-0.2, 0) is 0 Å². The van der Waals surface area contributed by atoms with Crippen LogP contribution in [0.5, 0.6) is 0 Å². The van der Waals surface area contributed by atoms with E-state index in [0.29, 0.717) is 16.4 Å². The third-order valence-corrected chi connectivity index (χ3v) is 3.52. The van der Waals surface area contributed by atoms with E-state index in [-0.39, 0.29) is 5.91 Å². The van der Waals surface area contributed by atoms with Gasteiger partial charge < -0.3 is 10.2 Å². The summed E-state index contributed by atoms with van der Waals surface area (Å²) in [6, 6.07) is 1.68. The number of anilines is 1. The maximum atomic E-state index is 12.3. The van der Waals surface area contributed by atoms with Crippen LogP contribution in [0.25, 0.3) is 0 Å². The second kappa shape index (κ2) is 6.88. The van der Waals surface area contributed by atoms with Gasteiger partial charge in [0.1, 0.15) is 5.82 Å². The molecule has 0 aliphatic carbocycles. The van der Waals surface area contributed by atoms with Crippen molar-refractivity contribution in [2.24, 2.45) is 0 Å². The Labute approximate surface area is 124 Å². The average Bonchev–Trinajstić information content (AvgIpc) is 2.43. The zero-order chi connectivity index (χ0) is 14.5. The van der Waals surface area contributed by atoms with Crippen LogP contribution in [0.15, 0.2) is 12.3 Å². The van der Waals surface area contributed by atoms with Crippen molar-refractivity contribution in [1.82, 2.24) is 20.3 Å². The molecule has 2 N–H and O–H groups in total. The smallest absolute Gasteiger partial charge is 0.267 e. The predicted octanol–water partition coefficient (Wildman–Crippen LogP) is 1.06.